The van der Waals surface area contributed by atoms with Crippen LogP contribution in [0.25, 0.3) is 0 Å². The minimum absolute atomic E-state index is 0.0539. The largest absolute Gasteiger partial charge is 0.493 e. The average molecular weight is 330 g/mol. The zero-order chi connectivity index (χ0) is 17.2. The van der Waals surface area contributed by atoms with Crippen molar-refractivity contribution in [1.29, 1.82) is 0 Å². The summed E-state index contributed by atoms with van der Waals surface area (Å²) in [4.78, 5) is 12.1. The minimum atomic E-state index is -0.331. The van der Waals surface area contributed by atoms with Crippen molar-refractivity contribution in [3.63, 3.8) is 0 Å². The van der Waals surface area contributed by atoms with Crippen molar-refractivity contribution in [2.24, 2.45) is 0 Å². The van der Waals surface area contributed by atoms with Crippen LogP contribution in [-0.4, -0.2) is 19.1 Å². The highest BCUT2D eigenvalue weighted by Gasteiger charge is 2.06. The van der Waals surface area contributed by atoms with E-state index in [4.69, 9.17) is 4.74 Å². The number of carbonyl (C=O) groups excluding carboxylic acids is 1. The average Bonchev–Trinajstić information content (AvgIpc) is 2.58. The van der Waals surface area contributed by atoms with E-state index >= 15 is 0 Å². The van der Waals surface area contributed by atoms with E-state index in [1.165, 1.54) is 12.1 Å². The van der Waals surface area contributed by atoms with E-state index in [0.717, 1.165) is 24.3 Å². The van der Waals surface area contributed by atoms with Crippen LogP contribution in [0.5, 0.6) is 5.75 Å². The number of hydrogen-bond acceptors (Lipinski definition) is 3. The predicted octanol–water partition coefficient (Wildman–Crippen LogP) is 3.73. The molecule has 0 aromatic heterocycles. The topological polar surface area (TPSA) is 50.4 Å². The van der Waals surface area contributed by atoms with Gasteiger partial charge < -0.3 is 15.4 Å². The standard InChI is InChI=1S/C19H23FN2O2/c1-2-21-14-15-7-3-4-10-18(15)22-19(23)11-6-12-24-17-9-5-8-16(20)13-17/h3-5,7-10,13,21H,2,6,11-12,14H2,1H3,(H,22,23). The fourth-order valence-electron chi connectivity index (χ4n) is 2.25. The van der Waals surface area contributed by atoms with Gasteiger partial charge in [0.25, 0.3) is 0 Å². The highest BCUT2D eigenvalue weighted by molar-refractivity contribution is 5.91. The molecule has 128 valence electrons. The van der Waals surface area contributed by atoms with Crippen molar-refractivity contribution in [2.45, 2.75) is 26.3 Å². The number of benzene rings is 2. The summed E-state index contributed by atoms with van der Waals surface area (Å²) < 4.78 is 18.5. The van der Waals surface area contributed by atoms with Gasteiger partial charge in [-0.1, -0.05) is 31.2 Å². The minimum Gasteiger partial charge on any atom is -0.493 e. The zero-order valence-electron chi connectivity index (χ0n) is 13.8. The zero-order valence-corrected chi connectivity index (χ0v) is 13.8. The van der Waals surface area contributed by atoms with Crippen LogP contribution in [0, 0.1) is 5.82 Å². The number of halogens is 1. The molecule has 2 N–H and O–H groups in total. The SMILES string of the molecule is CCNCc1ccccc1NC(=O)CCCOc1cccc(F)c1. The lowest BCUT2D eigenvalue weighted by atomic mass is 10.1. The van der Waals surface area contributed by atoms with Gasteiger partial charge >= 0.3 is 0 Å². The van der Waals surface area contributed by atoms with Crippen molar-refractivity contribution in [3.8, 4) is 5.75 Å². The van der Waals surface area contributed by atoms with Crippen molar-refractivity contribution >= 4 is 11.6 Å². The van der Waals surface area contributed by atoms with Gasteiger partial charge in [0.05, 0.1) is 6.61 Å². The molecule has 1 amide bonds. The summed E-state index contributed by atoms with van der Waals surface area (Å²) in [5, 5.41) is 6.18. The highest BCUT2D eigenvalue weighted by atomic mass is 19.1. The van der Waals surface area contributed by atoms with Crippen LogP contribution < -0.4 is 15.4 Å². The molecular weight excluding hydrogens is 307 g/mol. The van der Waals surface area contributed by atoms with E-state index in [9.17, 15) is 9.18 Å². The molecule has 0 unspecified atom stereocenters. The molecule has 4 nitrogen and oxygen atoms in total. The van der Waals surface area contributed by atoms with E-state index in [-0.39, 0.29) is 11.7 Å². The number of hydrogen-bond donors (Lipinski definition) is 2. The van der Waals surface area contributed by atoms with Gasteiger partial charge in [-0.3, -0.25) is 4.79 Å². The lowest BCUT2D eigenvalue weighted by Gasteiger charge is -2.11. The molecule has 0 radical (unpaired) electrons. The first-order chi connectivity index (χ1) is 11.7. The lowest BCUT2D eigenvalue weighted by molar-refractivity contribution is -0.116. The lowest BCUT2D eigenvalue weighted by Crippen LogP contribution is -2.17. The summed E-state index contributed by atoms with van der Waals surface area (Å²) in [6, 6.07) is 13.7. The fourth-order valence-corrected chi connectivity index (χ4v) is 2.25. The molecule has 5 heteroatoms. The molecule has 0 saturated heterocycles. The third-order valence-corrected chi connectivity index (χ3v) is 3.47. The smallest absolute Gasteiger partial charge is 0.224 e. The Morgan fingerprint density at radius 2 is 2.00 bits per heavy atom. The Morgan fingerprint density at radius 1 is 1.17 bits per heavy atom. The quantitative estimate of drug-likeness (QED) is 0.689. The van der Waals surface area contributed by atoms with Crippen LogP contribution in [0.4, 0.5) is 10.1 Å². The number of rotatable bonds is 9. The van der Waals surface area contributed by atoms with Crippen LogP contribution in [0.2, 0.25) is 0 Å². The first-order valence-electron chi connectivity index (χ1n) is 8.16. The second kappa shape index (κ2) is 9.67. The Balaban J connectivity index is 1.75. The molecule has 0 atom stereocenters. The Bertz CT molecular complexity index is 661. The molecule has 24 heavy (non-hydrogen) atoms. The van der Waals surface area contributed by atoms with Crippen LogP contribution >= 0.6 is 0 Å². The summed E-state index contributed by atoms with van der Waals surface area (Å²) in [5.74, 6) is 0.0933. The molecule has 0 spiro atoms. The Hall–Kier alpha value is -2.40. The van der Waals surface area contributed by atoms with Crippen molar-refractivity contribution in [2.75, 3.05) is 18.5 Å². The number of ether oxygens (including phenoxy) is 1. The summed E-state index contributed by atoms with van der Waals surface area (Å²) in [5.41, 5.74) is 1.89. The van der Waals surface area contributed by atoms with E-state index in [1.54, 1.807) is 12.1 Å². The number of nitrogens with one attached hydrogen (secondary N) is 2. The summed E-state index contributed by atoms with van der Waals surface area (Å²) in [6.07, 6.45) is 0.919. The first kappa shape index (κ1) is 17.9. The van der Waals surface area contributed by atoms with Crippen LogP contribution in [0.15, 0.2) is 48.5 Å². The predicted molar refractivity (Wildman–Crippen MR) is 93.6 cm³/mol. The molecule has 0 bridgehead atoms. The normalized spacial score (nSPS) is 10.4. The number of para-hydroxylation sites is 1. The van der Waals surface area contributed by atoms with Gasteiger partial charge in [-0.2, -0.15) is 0 Å². The molecule has 2 rings (SSSR count). The molecule has 2 aromatic carbocycles. The number of amides is 1. The fraction of sp³-hybridized carbons (Fsp3) is 0.316. The van der Waals surface area contributed by atoms with Gasteiger partial charge in [0.2, 0.25) is 5.91 Å². The van der Waals surface area contributed by atoms with Crippen molar-refractivity contribution in [3.05, 3.63) is 59.9 Å². The second-order valence-electron chi connectivity index (χ2n) is 5.40. The maximum Gasteiger partial charge on any atom is 0.224 e. The number of carbonyl (C=O) groups is 1. The van der Waals surface area contributed by atoms with Gasteiger partial charge in [-0.25, -0.2) is 4.39 Å². The van der Waals surface area contributed by atoms with Crippen LogP contribution in [-0.2, 0) is 11.3 Å². The van der Waals surface area contributed by atoms with E-state index < -0.39 is 0 Å². The molecule has 0 saturated carbocycles. The maximum absolute atomic E-state index is 13.0. The van der Waals surface area contributed by atoms with E-state index in [2.05, 4.69) is 10.6 Å². The molecule has 0 aliphatic rings. The Labute approximate surface area is 142 Å². The number of anilines is 1. The first-order valence-corrected chi connectivity index (χ1v) is 8.16. The van der Waals surface area contributed by atoms with Gasteiger partial charge in [0.15, 0.2) is 0 Å². The third-order valence-electron chi connectivity index (χ3n) is 3.47. The van der Waals surface area contributed by atoms with Gasteiger partial charge in [0.1, 0.15) is 11.6 Å². The maximum atomic E-state index is 13.0. The van der Waals surface area contributed by atoms with E-state index in [1.807, 2.05) is 31.2 Å². The van der Waals surface area contributed by atoms with Crippen molar-refractivity contribution in [1.82, 2.24) is 5.32 Å². The van der Waals surface area contributed by atoms with Crippen LogP contribution in [0.3, 0.4) is 0 Å². The van der Waals surface area contributed by atoms with E-state index in [0.29, 0.717) is 25.2 Å². The van der Waals surface area contributed by atoms with Crippen LogP contribution in [0.1, 0.15) is 25.3 Å². The Morgan fingerprint density at radius 3 is 2.79 bits per heavy atom. The molecule has 0 aliphatic heterocycles. The van der Waals surface area contributed by atoms with Gasteiger partial charge in [0, 0.05) is 24.7 Å². The molecule has 0 heterocycles. The monoisotopic (exact) mass is 330 g/mol. The highest BCUT2D eigenvalue weighted by Crippen LogP contribution is 2.16. The molecule has 2 aromatic rings. The van der Waals surface area contributed by atoms with Crippen molar-refractivity contribution < 1.29 is 13.9 Å². The second-order valence-corrected chi connectivity index (χ2v) is 5.40. The Kier molecular flexibility index (Phi) is 7.23. The third kappa shape index (κ3) is 6.01. The summed E-state index contributed by atoms with van der Waals surface area (Å²) in [6.45, 7) is 4.01. The molecule has 0 aliphatic carbocycles. The van der Waals surface area contributed by atoms with Gasteiger partial charge in [-0.15, -0.1) is 0 Å². The molecule has 0 fully saturated rings. The summed E-state index contributed by atoms with van der Waals surface area (Å²) in [7, 11) is 0. The van der Waals surface area contributed by atoms with Gasteiger partial charge in [-0.05, 0) is 36.7 Å². The molecular formula is C19H23FN2O2. The summed E-state index contributed by atoms with van der Waals surface area (Å²) >= 11 is 0.